The zero-order valence-electron chi connectivity index (χ0n) is 18.4. The third kappa shape index (κ3) is 4.12. The Bertz CT molecular complexity index is 1080. The van der Waals surface area contributed by atoms with Crippen LogP contribution in [0.4, 0.5) is 0 Å². The minimum atomic E-state index is -0.130. The molecule has 2 aromatic heterocycles. The average Bonchev–Trinajstić information content (AvgIpc) is 3.47. The number of fused-ring (bicyclic) bond motifs is 1. The van der Waals surface area contributed by atoms with Gasteiger partial charge in [0.2, 0.25) is 0 Å². The van der Waals surface area contributed by atoms with Gasteiger partial charge in [0.1, 0.15) is 5.69 Å². The number of hydrogen-bond donors (Lipinski definition) is 1. The van der Waals surface area contributed by atoms with Crippen LogP contribution in [0.1, 0.15) is 41.7 Å². The van der Waals surface area contributed by atoms with Crippen LogP contribution >= 0.6 is 0 Å². The van der Waals surface area contributed by atoms with Crippen molar-refractivity contribution in [2.45, 2.75) is 43.9 Å². The van der Waals surface area contributed by atoms with Crippen molar-refractivity contribution >= 4 is 16.8 Å². The van der Waals surface area contributed by atoms with Gasteiger partial charge in [0.05, 0.1) is 11.7 Å². The number of para-hydroxylation sites is 1. The molecule has 5 rings (SSSR count). The summed E-state index contributed by atoms with van der Waals surface area (Å²) in [5, 5.41) is 8.50. The minimum absolute atomic E-state index is 0.0182. The standard InChI is InChI=1S/C24H31N5O2/c1-27-16-18(20-5-3-4-6-22(20)27)17-29-13-10-24(11-14-29)9-7-19(31-24)15-25-23(30)21-8-12-28(2)26-21/h3-6,8,12,16,19H,7,9-11,13-15,17H2,1-2H3,(H,25,30)/t19-/m0/s1. The molecule has 2 aliphatic rings. The van der Waals surface area contributed by atoms with Crippen molar-refractivity contribution in [2.24, 2.45) is 14.1 Å². The van der Waals surface area contributed by atoms with Crippen LogP contribution in [0.3, 0.4) is 0 Å². The third-order valence-electron chi connectivity index (χ3n) is 6.92. The molecule has 0 saturated carbocycles. The van der Waals surface area contributed by atoms with E-state index in [9.17, 15) is 4.79 Å². The summed E-state index contributed by atoms with van der Waals surface area (Å²) in [6.45, 7) is 3.64. The summed E-state index contributed by atoms with van der Waals surface area (Å²) in [5.74, 6) is -0.130. The first-order valence-corrected chi connectivity index (χ1v) is 11.2. The molecule has 1 amide bonds. The Hall–Kier alpha value is -2.64. The molecule has 4 heterocycles. The van der Waals surface area contributed by atoms with Gasteiger partial charge in [0.15, 0.2) is 0 Å². The second-order valence-electron chi connectivity index (χ2n) is 9.10. The number of aryl methyl sites for hydroxylation is 2. The highest BCUT2D eigenvalue weighted by Gasteiger charge is 2.42. The molecule has 31 heavy (non-hydrogen) atoms. The molecular formula is C24H31N5O2. The van der Waals surface area contributed by atoms with Gasteiger partial charge in [0, 0.05) is 63.6 Å². The van der Waals surface area contributed by atoms with E-state index in [1.54, 1.807) is 16.9 Å². The molecule has 1 atom stereocenters. The molecule has 0 unspecified atom stereocenters. The third-order valence-corrected chi connectivity index (χ3v) is 6.92. The van der Waals surface area contributed by atoms with Crippen LogP contribution in [0.15, 0.2) is 42.7 Å². The molecule has 2 fully saturated rings. The highest BCUT2D eigenvalue weighted by atomic mass is 16.5. The van der Waals surface area contributed by atoms with Gasteiger partial charge in [-0.15, -0.1) is 0 Å². The summed E-state index contributed by atoms with van der Waals surface area (Å²) in [4.78, 5) is 14.8. The van der Waals surface area contributed by atoms with Gasteiger partial charge in [-0.05, 0) is 43.4 Å². The van der Waals surface area contributed by atoms with E-state index in [2.05, 4.69) is 57.4 Å². The maximum Gasteiger partial charge on any atom is 0.271 e. The van der Waals surface area contributed by atoms with Crippen molar-refractivity contribution in [1.82, 2.24) is 24.6 Å². The molecule has 1 spiro atoms. The second kappa shape index (κ2) is 8.13. The molecule has 1 N–H and O–H groups in total. The van der Waals surface area contributed by atoms with E-state index in [1.807, 2.05) is 7.05 Å². The molecule has 2 saturated heterocycles. The Balaban J connectivity index is 1.13. The summed E-state index contributed by atoms with van der Waals surface area (Å²) in [7, 11) is 3.93. The van der Waals surface area contributed by atoms with Gasteiger partial charge >= 0.3 is 0 Å². The monoisotopic (exact) mass is 421 g/mol. The van der Waals surface area contributed by atoms with Crippen LogP contribution in [0.5, 0.6) is 0 Å². The molecule has 0 radical (unpaired) electrons. The van der Waals surface area contributed by atoms with Gasteiger partial charge in [-0.1, -0.05) is 18.2 Å². The van der Waals surface area contributed by atoms with E-state index in [0.717, 1.165) is 45.3 Å². The molecule has 1 aromatic carbocycles. The Morgan fingerprint density at radius 3 is 2.77 bits per heavy atom. The fourth-order valence-corrected chi connectivity index (χ4v) is 5.15. The Kier molecular flexibility index (Phi) is 5.32. The molecule has 2 aliphatic heterocycles. The SMILES string of the molecule is Cn1ccc(C(=O)NC[C@@H]2CCC3(CCN(Cc4cn(C)c5ccccc45)CC3)O2)n1. The number of nitrogens with zero attached hydrogens (tertiary/aromatic N) is 4. The number of nitrogens with one attached hydrogen (secondary N) is 1. The first-order chi connectivity index (χ1) is 15.0. The quantitative estimate of drug-likeness (QED) is 0.688. The summed E-state index contributed by atoms with van der Waals surface area (Å²) in [6, 6.07) is 10.4. The maximum absolute atomic E-state index is 12.2. The number of rotatable bonds is 5. The molecule has 0 bridgehead atoms. The molecular weight excluding hydrogens is 390 g/mol. The normalized spacial score (nSPS) is 21.2. The largest absolute Gasteiger partial charge is 0.370 e. The predicted molar refractivity (Wildman–Crippen MR) is 120 cm³/mol. The number of piperidine rings is 1. The number of amides is 1. The number of ether oxygens (including phenoxy) is 1. The Labute approximate surface area is 183 Å². The van der Waals surface area contributed by atoms with Crippen LogP contribution in [-0.2, 0) is 25.4 Å². The molecule has 3 aromatic rings. The summed E-state index contributed by atoms with van der Waals surface area (Å²) >= 11 is 0. The van der Waals surface area contributed by atoms with Crippen LogP contribution in [0.25, 0.3) is 10.9 Å². The average molecular weight is 422 g/mol. The van der Waals surface area contributed by atoms with Gasteiger partial charge in [-0.2, -0.15) is 5.10 Å². The number of likely N-dealkylation sites (tertiary alicyclic amines) is 1. The molecule has 0 aliphatic carbocycles. The van der Waals surface area contributed by atoms with Crippen LogP contribution < -0.4 is 5.32 Å². The Morgan fingerprint density at radius 1 is 1.19 bits per heavy atom. The lowest BCUT2D eigenvalue weighted by molar-refractivity contribution is -0.0764. The highest BCUT2D eigenvalue weighted by Crippen LogP contribution is 2.39. The second-order valence-corrected chi connectivity index (χ2v) is 9.10. The first-order valence-electron chi connectivity index (χ1n) is 11.2. The fraction of sp³-hybridized carbons (Fsp3) is 0.500. The van der Waals surface area contributed by atoms with Crippen LogP contribution in [0, 0.1) is 0 Å². The lowest BCUT2D eigenvalue weighted by atomic mass is 9.88. The smallest absolute Gasteiger partial charge is 0.271 e. The fourth-order valence-electron chi connectivity index (χ4n) is 5.15. The summed E-state index contributed by atoms with van der Waals surface area (Å²) < 4.78 is 10.3. The van der Waals surface area contributed by atoms with Crippen LogP contribution in [-0.4, -0.2) is 56.5 Å². The van der Waals surface area contributed by atoms with E-state index in [1.165, 1.54) is 16.5 Å². The zero-order chi connectivity index (χ0) is 21.4. The van der Waals surface area contributed by atoms with Gasteiger partial charge < -0.3 is 14.6 Å². The summed E-state index contributed by atoms with van der Waals surface area (Å²) in [6.07, 6.45) is 8.34. The van der Waals surface area contributed by atoms with Crippen LogP contribution in [0.2, 0.25) is 0 Å². The van der Waals surface area contributed by atoms with E-state index in [0.29, 0.717) is 12.2 Å². The van der Waals surface area contributed by atoms with E-state index in [-0.39, 0.29) is 17.6 Å². The minimum Gasteiger partial charge on any atom is -0.370 e. The van der Waals surface area contributed by atoms with E-state index in [4.69, 9.17) is 4.74 Å². The van der Waals surface area contributed by atoms with Gasteiger partial charge in [-0.3, -0.25) is 14.4 Å². The number of benzene rings is 1. The maximum atomic E-state index is 12.2. The molecule has 164 valence electrons. The zero-order valence-corrected chi connectivity index (χ0v) is 18.4. The van der Waals surface area contributed by atoms with E-state index >= 15 is 0 Å². The topological polar surface area (TPSA) is 64.3 Å². The first kappa shape index (κ1) is 20.3. The van der Waals surface area contributed by atoms with E-state index < -0.39 is 0 Å². The lowest BCUT2D eigenvalue weighted by Crippen LogP contribution is -2.44. The van der Waals surface area contributed by atoms with Crippen molar-refractivity contribution in [2.75, 3.05) is 19.6 Å². The number of carbonyl (C=O) groups is 1. The van der Waals surface area contributed by atoms with Crippen molar-refractivity contribution in [3.05, 3.63) is 54.0 Å². The highest BCUT2D eigenvalue weighted by molar-refractivity contribution is 5.92. The van der Waals surface area contributed by atoms with Crippen molar-refractivity contribution in [3.8, 4) is 0 Å². The van der Waals surface area contributed by atoms with Gasteiger partial charge in [0.25, 0.3) is 5.91 Å². The van der Waals surface area contributed by atoms with Crippen molar-refractivity contribution < 1.29 is 9.53 Å². The number of hydrogen-bond acceptors (Lipinski definition) is 4. The lowest BCUT2D eigenvalue weighted by Gasteiger charge is -2.39. The Morgan fingerprint density at radius 2 is 2.00 bits per heavy atom. The number of carbonyl (C=O) groups excluding carboxylic acids is 1. The van der Waals surface area contributed by atoms with Crippen molar-refractivity contribution in [1.29, 1.82) is 0 Å². The number of aromatic nitrogens is 3. The van der Waals surface area contributed by atoms with Crippen molar-refractivity contribution in [3.63, 3.8) is 0 Å². The molecule has 7 heteroatoms. The summed E-state index contributed by atoms with van der Waals surface area (Å²) in [5.41, 5.74) is 3.13. The molecule has 7 nitrogen and oxygen atoms in total. The van der Waals surface area contributed by atoms with Gasteiger partial charge in [-0.25, -0.2) is 0 Å². The predicted octanol–water partition coefficient (Wildman–Crippen LogP) is 2.86.